The van der Waals surface area contributed by atoms with Crippen molar-refractivity contribution in [2.24, 2.45) is 11.5 Å². The molecule has 0 aliphatic heterocycles. The first-order valence-corrected chi connectivity index (χ1v) is 3.68. The van der Waals surface area contributed by atoms with Crippen LogP contribution in [0.15, 0.2) is 18.5 Å². The van der Waals surface area contributed by atoms with E-state index in [-0.39, 0.29) is 6.04 Å². The molecule has 0 spiro atoms. The molecule has 11 heavy (non-hydrogen) atoms. The highest BCUT2D eigenvalue weighted by Gasteiger charge is 2.02. The number of hydrogen-bond donors (Lipinski definition) is 2. The van der Waals surface area contributed by atoms with E-state index in [9.17, 15) is 0 Å². The predicted molar refractivity (Wildman–Crippen MR) is 45.2 cm³/mol. The second kappa shape index (κ2) is 3.67. The molecule has 0 aliphatic rings. The average molecular weight is 172 g/mol. The summed E-state index contributed by atoms with van der Waals surface area (Å²) in [4.78, 5) is 3.89. The summed E-state index contributed by atoms with van der Waals surface area (Å²) in [6, 6.07) is 1.60. The van der Waals surface area contributed by atoms with Crippen LogP contribution in [-0.2, 0) is 0 Å². The van der Waals surface area contributed by atoms with Crippen LogP contribution in [0, 0.1) is 0 Å². The minimum atomic E-state index is -0.166. The standard InChI is InChI=1S/C7H10ClN3/c8-6-1-5(3-11-4-6)7(10)2-9/h1,3-4,7H,2,9-10H2. The molecule has 1 aromatic rings. The first-order chi connectivity index (χ1) is 5.24. The van der Waals surface area contributed by atoms with E-state index >= 15 is 0 Å². The van der Waals surface area contributed by atoms with E-state index < -0.39 is 0 Å². The molecule has 0 saturated carbocycles. The molecule has 0 saturated heterocycles. The van der Waals surface area contributed by atoms with E-state index in [1.54, 1.807) is 18.5 Å². The van der Waals surface area contributed by atoms with Crippen LogP contribution in [0.3, 0.4) is 0 Å². The van der Waals surface area contributed by atoms with Gasteiger partial charge < -0.3 is 11.5 Å². The van der Waals surface area contributed by atoms with Crippen molar-refractivity contribution in [1.82, 2.24) is 4.98 Å². The van der Waals surface area contributed by atoms with E-state index in [4.69, 9.17) is 23.1 Å². The highest BCUT2D eigenvalue weighted by molar-refractivity contribution is 6.30. The minimum absolute atomic E-state index is 0.166. The summed E-state index contributed by atoms with van der Waals surface area (Å²) in [5, 5.41) is 0.589. The van der Waals surface area contributed by atoms with Gasteiger partial charge in [0.25, 0.3) is 0 Å². The van der Waals surface area contributed by atoms with Crippen molar-refractivity contribution in [3.05, 3.63) is 29.0 Å². The fourth-order valence-corrected chi connectivity index (χ4v) is 0.949. The second-order valence-corrected chi connectivity index (χ2v) is 2.72. The zero-order valence-corrected chi connectivity index (χ0v) is 6.75. The van der Waals surface area contributed by atoms with Gasteiger partial charge in [0.15, 0.2) is 0 Å². The Kier molecular flexibility index (Phi) is 2.82. The summed E-state index contributed by atoms with van der Waals surface area (Å²) in [6.07, 6.45) is 3.23. The van der Waals surface area contributed by atoms with Crippen LogP contribution < -0.4 is 11.5 Å². The van der Waals surface area contributed by atoms with E-state index in [1.165, 1.54) is 0 Å². The molecule has 0 aromatic carbocycles. The Balaban J connectivity index is 2.86. The molecule has 1 atom stereocenters. The lowest BCUT2D eigenvalue weighted by Crippen LogP contribution is -2.20. The SMILES string of the molecule is NCC(N)c1cncc(Cl)c1. The molecule has 0 fully saturated rings. The van der Waals surface area contributed by atoms with Gasteiger partial charge in [-0.25, -0.2) is 0 Å². The highest BCUT2D eigenvalue weighted by atomic mass is 35.5. The maximum atomic E-state index is 5.69. The van der Waals surface area contributed by atoms with Crippen LogP contribution in [0.4, 0.5) is 0 Å². The molecule has 1 unspecified atom stereocenters. The third-order valence-electron chi connectivity index (χ3n) is 1.41. The monoisotopic (exact) mass is 171 g/mol. The number of halogens is 1. The lowest BCUT2D eigenvalue weighted by molar-refractivity contribution is 0.733. The third-order valence-corrected chi connectivity index (χ3v) is 1.61. The smallest absolute Gasteiger partial charge is 0.0592 e. The highest BCUT2D eigenvalue weighted by Crippen LogP contribution is 2.12. The van der Waals surface area contributed by atoms with E-state index in [0.717, 1.165) is 5.56 Å². The van der Waals surface area contributed by atoms with Crippen molar-refractivity contribution >= 4 is 11.6 Å². The Bertz CT molecular complexity index is 239. The predicted octanol–water partition coefficient (Wildman–Crippen LogP) is 0.694. The lowest BCUT2D eigenvalue weighted by atomic mass is 10.1. The van der Waals surface area contributed by atoms with Gasteiger partial charge in [0, 0.05) is 25.0 Å². The normalized spacial score (nSPS) is 13.0. The van der Waals surface area contributed by atoms with E-state index in [0.29, 0.717) is 11.6 Å². The van der Waals surface area contributed by atoms with Crippen LogP contribution >= 0.6 is 11.6 Å². The molecule has 0 radical (unpaired) electrons. The van der Waals surface area contributed by atoms with Crippen molar-refractivity contribution in [3.8, 4) is 0 Å². The van der Waals surface area contributed by atoms with Gasteiger partial charge in [0.2, 0.25) is 0 Å². The molecule has 0 bridgehead atoms. The van der Waals surface area contributed by atoms with E-state index in [1.807, 2.05) is 0 Å². The number of nitrogens with zero attached hydrogens (tertiary/aromatic N) is 1. The van der Waals surface area contributed by atoms with Crippen LogP contribution in [0.5, 0.6) is 0 Å². The number of aromatic nitrogens is 1. The van der Waals surface area contributed by atoms with Crippen molar-refractivity contribution in [2.75, 3.05) is 6.54 Å². The molecule has 0 aliphatic carbocycles. The summed E-state index contributed by atoms with van der Waals surface area (Å²) < 4.78 is 0. The molecule has 0 amide bonds. The van der Waals surface area contributed by atoms with Gasteiger partial charge in [0.05, 0.1) is 5.02 Å². The molecule has 1 heterocycles. The number of hydrogen-bond acceptors (Lipinski definition) is 3. The molecule has 1 aromatic heterocycles. The zero-order chi connectivity index (χ0) is 8.27. The summed E-state index contributed by atoms with van der Waals surface area (Å²) in [6.45, 7) is 0.405. The van der Waals surface area contributed by atoms with Crippen LogP contribution in [-0.4, -0.2) is 11.5 Å². The molecule has 1 rings (SSSR count). The third kappa shape index (κ3) is 2.15. The Morgan fingerprint density at radius 2 is 2.27 bits per heavy atom. The van der Waals surface area contributed by atoms with Gasteiger partial charge in [-0.3, -0.25) is 4.98 Å². The van der Waals surface area contributed by atoms with Gasteiger partial charge >= 0.3 is 0 Å². The Labute approximate surface area is 70.4 Å². The van der Waals surface area contributed by atoms with Gasteiger partial charge in [-0.2, -0.15) is 0 Å². The fourth-order valence-electron chi connectivity index (χ4n) is 0.767. The first-order valence-electron chi connectivity index (χ1n) is 3.30. The van der Waals surface area contributed by atoms with Crippen LogP contribution in [0.1, 0.15) is 11.6 Å². The number of pyridine rings is 1. The van der Waals surface area contributed by atoms with E-state index in [2.05, 4.69) is 4.98 Å². The Morgan fingerprint density at radius 3 is 2.82 bits per heavy atom. The minimum Gasteiger partial charge on any atom is -0.329 e. The van der Waals surface area contributed by atoms with Crippen LogP contribution in [0.25, 0.3) is 0 Å². The van der Waals surface area contributed by atoms with Crippen molar-refractivity contribution in [3.63, 3.8) is 0 Å². The molecule has 60 valence electrons. The summed E-state index contributed by atoms with van der Waals surface area (Å²) >= 11 is 5.69. The average Bonchev–Trinajstić information content (AvgIpc) is 2.03. The maximum Gasteiger partial charge on any atom is 0.0592 e. The molecular formula is C7H10ClN3. The topological polar surface area (TPSA) is 64.9 Å². The Hall–Kier alpha value is -0.640. The molecule has 4 heteroatoms. The molecule has 4 N–H and O–H groups in total. The van der Waals surface area contributed by atoms with Crippen molar-refractivity contribution in [1.29, 1.82) is 0 Å². The zero-order valence-electron chi connectivity index (χ0n) is 6.00. The lowest BCUT2D eigenvalue weighted by Gasteiger charge is -2.07. The molecule has 3 nitrogen and oxygen atoms in total. The molecular weight excluding hydrogens is 162 g/mol. The number of nitrogens with two attached hydrogens (primary N) is 2. The summed E-state index contributed by atoms with van der Waals surface area (Å²) in [5.74, 6) is 0. The van der Waals surface area contributed by atoms with Gasteiger partial charge in [-0.05, 0) is 11.6 Å². The summed E-state index contributed by atoms with van der Waals surface area (Å²) in [5.41, 5.74) is 11.9. The maximum absolute atomic E-state index is 5.69. The number of rotatable bonds is 2. The Morgan fingerprint density at radius 1 is 1.55 bits per heavy atom. The van der Waals surface area contributed by atoms with Gasteiger partial charge in [0.1, 0.15) is 0 Å². The first kappa shape index (κ1) is 8.46. The van der Waals surface area contributed by atoms with Gasteiger partial charge in [-0.15, -0.1) is 0 Å². The largest absolute Gasteiger partial charge is 0.329 e. The second-order valence-electron chi connectivity index (χ2n) is 2.28. The van der Waals surface area contributed by atoms with Crippen molar-refractivity contribution < 1.29 is 0 Å². The van der Waals surface area contributed by atoms with Crippen LogP contribution in [0.2, 0.25) is 5.02 Å². The quantitative estimate of drug-likeness (QED) is 0.689. The van der Waals surface area contributed by atoms with Gasteiger partial charge in [-0.1, -0.05) is 11.6 Å². The fraction of sp³-hybridized carbons (Fsp3) is 0.286. The van der Waals surface area contributed by atoms with Crippen molar-refractivity contribution in [2.45, 2.75) is 6.04 Å². The summed E-state index contributed by atoms with van der Waals surface area (Å²) in [7, 11) is 0.